The summed E-state index contributed by atoms with van der Waals surface area (Å²) >= 11 is 0. The van der Waals surface area contributed by atoms with Gasteiger partial charge in [0.1, 0.15) is 11.5 Å². The van der Waals surface area contributed by atoms with Crippen LogP contribution in [0.3, 0.4) is 0 Å². The Labute approximate surface area is 87.7 Å². The standard InChI is InChI=1S/C11H11N3O/c1-8-12-10(11(15)14-13-8)7-9-5-3-2-4-6-9/h2-7H,1H3,(H,12,13)(H,14,15)/b10-7+. The fourth-order valence-electron chi connectivity index (χ4n) is 1.28. The van der Waals surface area contributed by atoms with E-state index < -0.39 is 0 Å². The summed E-state index contributed by atoms with van der Waals surface area (Å²) in [5, 5.41) is 0. The highest BCUT2D eigenvalue weighted by atomic mass is 16.2. The number of nitrogens with one attached hydrogen (secondary N) is 2. The van der Waals surface area contributed by atoms with Gasteiger partial charge in [0.05, 0.1) is 0 Å². The fourth-order valence-corrected chi connectivity index (χ4v) is 1.28. The number of hydrogen-bond acceptors (Lipinski definition) is 3. The van der Waals surface area contributed by atoms with Crippen molar-refractivity contribution in [3.8, 4) is 0 Å². The second-order valence-electron chi connectivity index (χ2n) is 3.22. The van der Waals surface area contributed by atoms with Gasteiger partial charge in [0.25, 0.3) is 5.91 Å². The Kier molecular flexibility index (Phi) is 2.49. The minimum atomic E-state index is -0.218. The van der Waals surface area contributed by atoms with Gasteiger partial charge in [-0.05, 0) is 18.6 Å². The number of amidine groups is 1. The van der Waals surface area contributed by atoms with Crippen LogP contribution in [0.25, 0.3) is 6.08 Å². The van der Waals surface area contributed by atoms with Crippen LogP contribution in [-0.4, -0.2) is 11.7 Å². The predicted octanol–water partition coefficient (Wildman–Crippen LogP) is 1.08. The third-order valence-corrected chi connectivity index (χ3v) is 1.98. The first kappa shape index (κ1) is 9.45. The molecule has 0 saturated heterocycles. The Balaban J connectivity index is 2.33. The first-order chi connectivity index (χ1) is 7.25. The third kappa shape index (κ3) is 2.22. The van der Waals surface area contributed by atoms with Crippen molar-refractivity contribution in [2.24, 2.45) is 4.99 Å². The molecule has 76 valence electrons. The Morgan fingerprint density at radius 3 is 2.67 bits per heavy atom. The molecule has 4 nitrogen and oxygen atoms in total. The molecule has 0 atom stereocenters. The number of hydrazine groups is 1. The number of nitrogens with zero attached hydrogens (tertiary/aromatic N) is 1. The van der Waals surface area contributed by atoms with Crippen LogP contribution >= 0.6 is 0 Å². The topological polar surface area (TPSA) is 53.5 Å². The molecule has 2 rings (SSSR count). The Morgan fingerprint density at radius 2 is 1.93 bits per heavy atom. The summed E-state index contributed by atoms with van der Waals surface area (Å²) in [5.41, 5.74) is 6.54. The maximum Gasteiger partial charge on any atom is 0.288 e. The van der Waals surface area contributed by atoms with Gasteiger partial charge in [-0.15, -0.1) is 0 Å². The number of benzene rings is 1. The molecule has 1 amide bonds. The summed E-state index contributed by atoms with van der Waals surface area (Å²) < 4.78 is 0. The van der Waals surface area contributed by atoms with E-state index in [-0.39, 0.29) is 5.91 Å². The number of hydrogen-bond donors (Lipinski definition) is 2. The van der Waals surface area contributed by atoms with Gasteiger partial charge >= 0.3 is 0 Å². The van der Waals surface area contributed by atoms with Gasteiger partial charge in [0.15, 0.2) is 0 Å². The summed E-state index contributed by atoms with van der Waals surface area (Å²) in [4.78, 5) is 15.5. The molecular formula is C11H11N3O. The van der Waals surface area contributed by atoms with Gasteiger partial charge in [-0.3, -0.25) is 15.6 Å². The van der Waals surface area contributed by atoms with Crippen LogP contribution in [0.15, 0.2) is 41.0 Å². The van der Waals surface area contributed by atoms with Crippen molar-refractivity contribution in [1.29, 1.82) is 0 Å². The molecule has 0 spiro atoms. The second kappa shape index (κ2) is 3.96. The molecule has 0 saturated carbocycles. The van der Waals surface area contributed by atoms with E-state index in [9.17, 15) is 4.79 Å². The molecule has 0 fully saturated rings. The van der Waals surface area contributed by atoms with E-state index in [1.54, 1.807) is 13.0 Å². The Bertz CT molecular complexity index is 434. The van der Waals surface area contributed by atoms with E-state index in [1.807, 2.05) is 30.3 Å². The van der Waals surface area contributed by atoms with Crippen LogP contribution < -0.4 is 10.9 Å². The summed E-state index contributed by atoms with van der Waals surface area (Å²) in [6, 6.07) is 9.61. The van der Waals surface area contributed by atoms with Crippen molar-refractivity contribution in [2.75, 3.05) is 0 Å². The number of carbonyl (C=O) groups excluding carboxylic acids is 1. The van der Waals surface area contributed by atoms with Gasteiger partial charge in [-0.1, -0.05) is 30.3 Å². The minimum absolute atomic E-state index is 0.218. The molecule has 1 aromatic rings. The van der Waals surface area contributed by atoms with E-state index in [1.165, 1.54) is 0 Å². The number of carbonyl (C=O) groups is 1. The minimum Gasteiger partial charge on any atom is -0.285 e. The quantitative estimate of drug-likeness (QED) is 0.668. The SMILES string of the molecule is CC1=N/C(=C/c2ccccc2)C(=O)NN1. The van der Waals surface area contributed by atoms with E-state index in [2.05, 4.69) is 15.8 Å². The van der Waals surface area contributed by atoms with Crippen LogP contribution in [0.2, 0.25) is 0 Å². The number of aliphatic imine (C=N–C) groups is 1. The lowest BCUT2D eigenvalue weighted by molar-refractivity contribution is -0.118. The highest BCUT2D eigenvalue weighted by Crippen LogP contribution is 2.09. The lowest BCUT2D eigenvalue weighted by atomic mass is 10.2. The maximum atomic E-state index is 11.4. The maximum absolute atomic E-state index is 11.4. The summed E-state index contributed by atoms with van der Waals surface area (Å²) in [6.45, 7) is 1.79. The van der Waals surface area contributed by atoms with E-state index >= 15 is 0 Å². The zero-order valence-corrected chi connectivity index (χ0v) is 8.32. The van der Waals surface area contributed by atoms with Crippen molar-refractivity contribution in [3.05, 3.63) is 41.6 Å². The van der Waals surface area contributed by atoms with Crippen molar-refractivity contribution in [2.45, 2.75) is 6.92 Å². The smallest absolute Gasteiger partial charge is 0.285 e. The summed E-state index contributed by atoms with van der Waals surface area (Å²) in [7, 11) is 0. The molecule has 0 unspecified atom stereocenters. The van der Waals surface area contributed by atoms with Crippen LogP contribution in [0.4, 0.5) is 0 Å². The summed E-state index contributed by atoms with van der Waals surface area (Å²) in [6.07, 6.45) is 1.75. The van der Waals surface area contributed by atoms with E-state index in [0.29, 0.717) is 11.5 Å². The molecular weight excluding hydrogens is 190 g/mol. The van der Waals surface area contributed by atoms with Gasteiger partial charge in [-0.25, -0.2) is 4.99 Å². The highest BCUT2D eigenvalue weighted by Gasteiger charge is 2.13. The molecule has 0 aliphatic carbocycles. The van der Waals surface area contributed by atoms with Gasteiger partial charge < -0.3 is 0 Å². The third-order valence-electron chi connectivity index (χ3n) is 1.98. The van der Waals surface area contributed by atoms with E-state index in [4.69, 9.17) is 0 Å². The Morgan fingerprint density at radius 1 is 1.20 bits per heavy atom. The lowest BCUT2D eigenvalue weighted by Gasteiger charge is -2.14. The first-order valence-electron chi connectivity index (χ1n) is 4.64. The largest absolute Gasteiger partial charge is 0.288 e. The predicted molar refractivity (Wildman–Crippen MR) is 58.8 cm³/mol. The molecule has 1 aliphatic rings. The normalized spacial score (nSPS) is 18.1. The lowest BCUT2D eigenvalue weighted by Crippen LogP contribution is -2.44. The van der Waals surface area contributed by atoms with Crippen LogP contribution in [0, 0.1) is 0 Å². The number of amides is 1. The van der Waals surface area contributed by atoms with Crippen LogP contribution in [0.1, 0.15) is 12.5 Å². The molecule has 1 aromatic carbocycles. The van der Waals surface area contributed by atoms with Crippen LogP contribution in [0.5, 0.6) is 0 Å². The first-order valence-corrected chi connectivity index (χ1v) is 4.64. The molecule has 15 heavy (non-hydrogen) atoms. The number of rotatable bonds is 1. The van der Waals surface area contributed by atoms with E-state index in [0.717, 1.165) is 5.56 Å². The molecule has 1 heterocycles. The highest BCUT2D eigenvalue weighted by molar-refractivity contribution is 6.03. The van der Waals surface area contributed by atoms with Crippen molar-refractivity contribution < 1.29 is 4.79 Å². The average molecular weight is 201 g/mol. The van der Waals surface area contributed by atoms with Gasteiger partial charge in [0, 0.05) is 0 Å². The average Bonchev–Trinajstić information content (AvgIpc) is 2.25. The van der Waals surface area contributed by atoms with Crippen molar-refractivity contribution >= 4 is 17.8 Å². The molecule has 4 heteroatoms. The zero-order valence-electron chi connectivity index (χ0n) is 8.32. The van der Waals surface area contributed by atoms with Crippen molar-refractivity contribution in [3.63, 3.8) is 0 Å². The van der Waals surface area contributed by atoms with Gasteiger partial charge in [-0.2, -0.15) is 0 Å². The fraction of sp³-hybridized carbons (Fsp3) is 0.0909. The van der Waals surface area contributed by atoms with Crippen LogP contribution in [-0.2, 0) is 4.79 Å². The molecule has 0 aromatic heterocycles. The zero-order chi connectivity index (χ0) is 10.7. The summed E-state index contributed by atoms with van der Waals surface area (Å²) in [5.74, 6) is 0.459. The monoisotopic (exact) mass is 201 g/mol. The van der Waals surface area contributed by atoms with Crippen molar-refractivity contribution in [1.82, 2.24) is 10.9 Å². The molecule has 1 aliphatic heterocycles. The second-order valence-corrected chi connectivity index (χ2v) is 3.22. The molecule has 2 N–H and O–H groups in total. The molecule has 0 radical (unpaired) electrons. The van der Waals surface area contributed by atoms with Gasteiger partial charge in [0.2, 0.25) is 0 Å². The molecule has 0 bridgehead atoms. The Hall–Kier alpha value is -2.10.